The third-order valence-corrected chi connectivity index (χ3v) is 3.59. The minimum absolute atomic E-state index is 0.855. The predicted octanol–water partition coefficient (Wildman–Crippen LogP) is 2.38. The van der Waals surface area contributed by atoms with Crippen LogP contribution in [0.2, 0.25) is 0 Å². The molecule has 0 fully saturated rings. The molecule has 0 heterocycles. The van der Waals surface area contributed by atoms with Crippen molar-refractivity contribution in [2.45, 2.75) is 20.8 Å². The van der Waals surface area contributed by atoms with Gasteiger partial charge >= 0.3 is 0 Å². The Kier molecular flexibility index (Phi) is 4.42. The number of hydrogen-bond donors (Lipinski definition) is 0. The van der Waals surface area contributed by atoms with Gasteiger partial charge in [-0.1, -0.05) is 12.2 Å². The van der Waals surface area contributed by atoms with E-state index in [0.29, 0.717) is 0 Å². The second-order valence-electron chi connectivity index (χ2n) is 3.41. The zero-order valence-corrected chi connectivity index (χ0v) is 11.9. The molecule has 0 unspecified atom stereocenters. The van der Waals surface area contributed by atoms with Crippen LogP contribution in [0.4, 0.5) is 0 Å². The molecule has 0 aliphatic carbocycles. The van der Waals surface area contributed by atoms with Crippen LogP contribution in [0.3, 0.4) is 0 Å². The van der Waals surface area contributed by atoms with Gasteiger partial charge in [0.05, 0.1) is 18.7 Å². The van der Waals surface area contributed by atoms with E-state index >= 15 is 0 Å². The molecule has 0 radical (unpaired) electrons. The van der Waals surface area contributed by atoms with Crippen molar-refractivity contribution in [3.8, 4) is 11.5 Å². The normalized spacial score (nSPS) is 13.1. The van der Waals surface area contributed by atoms with Gasteiger partial charge < -0.3 is 9.47 Å². The van der Waals surface area contributed by atoms with Gasteiger partial charge in [0, 0.05) is 16.0 Å². The number of benzene rings is 1. The van der Waals surface area contributed by atoms with Gasteiger partial charge in [-0.2, -0.15) is 0 Å². The van der Waals surface area contributed by atoms with E-state index in [4.69, 9.17) is 9.47 Å². The van der Waals surface area contributed by atoms with Crippen LogP contribution in [0.25, 0.3) is 12.2 Å². The molecule has 0 saturated heterocycles. The molecule has 0 amide bonds. The van der Waals surface area contributed by atoms with Crippen molar-refractivity contribution < 1.29 is 9.47 Å². The quantitative estimate of drug-likeness (QED) is 0.830. The van der Waals surface area contributed by atoms with Crippen molar-refractivity contribution >= 4 is 28.1 Å². The summed E-state index contributed by atoms with van der Waals surface area (Å²) < 4.78 is 11.8. The van der Waals surface area contributed by atoms with E-state index in [-0.39, 0.29) is 0 Å². The molecule has 88 valence electrons. The maximum atomic E-state index is 5.45. The summed E-state index contributed by atoms with van der Waals surface area (Å²) in [7, 11) is 3.37. The summed E-state index contributed by atoms with van der Waals surface area (Å²) in [4.78, 5) is 0. The molecular formula is C13H17BrO2. The average Bonchev–Trinajstić information content (AvgIpc) is 2.31. The lowest BCUT2D eigenvalue weighted by molar-refractivity contribution is 0.392. The molecule has 0 aliphatic rings. The lowest BCUT2D eigenvalue weighted by Gasteiger charge is -2.13. The molecule has 1 rings (SSSR count). The predicted molar refractivity (Wildman–Crippen MR) is 71.5 cm³/mol. The Labute approximate surface area is 105 Å². The molecule has 0 aliphatic heterocycles. The smallest absolute Gasteiger partial charge is 0.141 e. The van der Waals surface area contributed by atoms with Crippen LogP contribution in [0.5, 0.6) is 11.5 Å². The van der Waals surface area contributed by atoms with Crippen molar-refractivity contribution in [3.63, 3.8) is 0 Å². The average molecular weight is 285 g/mol. The van der Waals surface area contributed by atoms with Gasteiger partial charge in [-0.15, -0.1) is 0 Å². The van der Waals surface area contributed by atoms with Gasteiger partial charge in [0.15, 0.2) is 0 Å². The highest BCUT2D eigenvalue weighted by molar-refractivity contribution is 9.10. The Morgan fingerprint density at radius 3 is 1.75 bits per heavy atom. The van der Waals surface area contributed by atoms with E-state index in [0.717, 1.165) is 32.0 Å². The largest absolute Gasteiger partial charge is 0.496 e. The molecule has 1 aromatic rings. The summed E-state index contributed by atoms with van der Waals surface area (Å²) in [5, 5.41) is 2.13. The number of hydrogen-bond acceptors (Lipinski definition) is 2. The van der Waals surface area contributed by atoms with E-state index in [1.807, 2.05) is 32.9 Å². The van der Waals surface area contributed by atoms with Crippen LogP contribution in [-0.4, -0.2) is 14.2 Å². The molecular weight excluding hydrogens is 268 g/mol. The summed E-state index contributed by atoms with van der Waals surface area (Å²) in [5.74, 6) is 1.75. The lowest BCUT2D eigenvalue weighted by Crippen LogP contribution is -2.29. The molecule has 2 nitrogen and oxygen atoms in total. The second kappa shape index (κ2) is 5.39. The van der Waals surface area contributed by atoms with E-state index in [9.17, 15) is 0 Å². The fourth-order valence-electron chi connectivity index (χ4n) is 1.87. The molecule has 0 bridgehead atoms. The SMILES string of the molecule is C/C=c1/c(OC)c(C)c(Br)c(OC)/c1=C/C. The highest BCUT2D eigenvalue weighted by Crippen LogP contribution is 2.28. The minimum Gasteiger partial charge on any atom is -0.496 e. The molecule has 0 saturated carbocycles. The zero-order valence-electron chi connectivity index (χ0n) is 10.3. The third-order valence-electron chi connectivity index (χ3n) is 2.63. The van der Waals surface area contributed by atoms with E-state index in [1.165, 1.54) is 0 Å². The van der Waals surface area contributed by atoms with Crippen molar-refractivity contribution in [1.29, 1.82) is 0 Å². The standard InChI is InChI=1S/C13H17BrO2/c1-6-9-10(7-2)13(16-5)11(14)8(3)12(9)15-4/h6-7H,1-5H3/b9-6+,10-7+. The third kappa shape index (κ3) is 1.96. The van der Waals surface area contributed by atoms with Gasteiger partial charge in [0.2, 0.25) is 0 Å². The van der Waals surface area contributed by atoms with E-state index in [2.05, 4.69) is 15.9 Å². The van der Waals surface area contributed by atoms with Gasteiger partial charge in [0.25, 0.3) is 0 Å². The second-order valence-corrected chi connectivity index (χ2v) is 4.20. The first-order valence-electron chi connectivity index (χ1n) is 5.15. The van der Waals surface area contributed by atoms with Crippen LogP contribution in [-0.2, 0) is 0 Å². The van der Waals surface area contributed by atoms with Crippen LogP contribution in [0.15, 0.2) is 4.47 Å². The first-order chi connectivity index (χ1) is 7.62. The summed E-state index contributed by atoms with van der Waals surface area (Å²) in [6, 6.07) is 0. The van der Waals surface area contributed by atoms with Gasteiger partial charge in [-0.05, 0) is 36.7 Å². The molecule has 0 aromatic heterocycles. The van der Waals surface area contributed by atoms with Crippen molar-refractivity contribution in [1.82, 2.24) is 0 Å². The van der Waals surface area contributed by atoms with Crippen LogP contribution in [0, 0.1) is 6.92 Å². The number of methoxy groups -OCH3 is 2. The van der Waals surface area contributed by atoms with Crippen LogP contribution < -0.4 is 19.9 Å². The fourth-order valence-corrected chi connectivity index (χ4v) is 2.43. The molecule has 0 N–H and O–H groups in total. The number of rotatable bonds is 2. The summed E-state index contributed by atoms with van der Waals surface area (Å²) in [6.07, 6.45) is 4.07. The molecule has 1 aromatic carbocycles. The van der Waals surface area contributed by atoms with Gasteiger partial charge in [-0.25, -0.2) is 0 Å². The molecule has 3 heteroatoms. The van der Waals surface area contributed by atoms with E-state index in [1.54, 1.807) is 14.2 Å². The molecule has 16 heavy (non-hydrogen) atoms. The maximum absolute atomic E-state index is 5.45. The topological polar surface area (TPSA) is 18.5 Å². The Balaban J connectivity index is 3.94. The lowest BCUT2D eigenvalue weighted by atomic mass is 10.1. The maximum Gasteiger partial charge on any atom is 0.141 e. The zero-order chi connectivity index (χ0) is 12.3. The summed E-state index contributed by atoms with van der Waals surface area (Å²) in [5.41, 5.74) is 1.05. The highest BCUT2D eigenvalue weighted by Gasteiger charge is 2.13. The Hall–Kier alpha value is -0.960. The minimum atomic E-state index is 0.855. The Bertz CT molecular complexity index is 457. The highest BCUT2D eigenvalue weighted by atomic mass is 79.9. The number of ether oxygens (including phenoxy) is 2. The van der Waals surface area contributed by atoms with E-state index < -0.39 is 0 Å². The molecule has 0 spiro atoms. The first-order valence-corrected chi connectivity index (χ1v) is 5.94. The summed E-state index contributed by atoms with van der Waals surface area (Å²) in [6.45, 7) is 6.00. The monoisotopic (exact) mass is 284 g/mol. The van der Waals surface area contributed by atoms with Crippen LogP contribution >= 0.6 is 15.9 Å². The first kappa shape index (κ1) is 13.1. The molecule has 0 atom stereocenters. The van der Waals surface area contributed by atoms with Crippen molar-refractivity contribution in [2.75, 3.05) is 14.2 Å². The Morgan fingerprint density at radius 2 is 1.38 bits per heavy atom. The Morgan fingerprint density at radius 1 is 0.938 bits per heavy atom. The van der Waals surface area contributed by atoms with Crippen LogP contribution in [0.1, 0.15) is 19.4 Å². The van der Waals surface area contributed by atoms with Crippen molar-refractivity contribution in [2.24, 2.45) is 0 Å². The fraction of sp³-hybridized carbons (Fsp3) is 0.385. The van der Waals surface area contributed by atoms with Crippen molar-refractivity contribution in [3.05, 3.63) is 20.5 Å². The van der Waals surface area contributed by atoms with Gasteiger partial charge in [0.1, 0.15) is 11.5 Å². The van der Waals surface area contributed by atoms with Gasteiger partial charge in [-0.3, -0.25) is 0 Å². The number of halogens is 1. The summed E-state index contributed by atoms with van der Waals surface area (Å²) >= 11 is 3.55.